The third kappa shape index (κ3) is 9.00. The van der Waals surface area contributed by atoms with Gasteiger partial charge in [-0.05, 0) is 73.4 Å². The largest absolute Gasteiger partial charge is 0.519 e. The number of nitriles is 1. The van der Waals surface area contributed by atoms with E-state index >= 15 is 0 Å². The highest BCUT2D eigenvalue weighted by Gasteiger charge is 2.51. The predicted octanol–water partition coefficient (Wildman–Crippen LogP) is 7.70. The minimum Gasteiger partial charge on any atom is -0.519 e. The Morgan fingerprint density at radius 2 is 1.26 bits per heavy atom. The van der Waals surface area contributed by atoms with Crippen LogP contribution in [0, 0.1) is 17.9 Å². The molecule has 2 aromatic heterocycles. The summed E-state index contributed by atoms with van der Waals surface area (Å²) in [6.07, 6.45) is 3.00. The second-order valence-electron chi connectivity index (χ2n) is 13.0. The molecule has 0 amide bonds. The Labute approximate surface area is 322 Å². The molecule has 54 heavy (non-hydrogen) atoms. The van der Waals surface area contributed by atoms with Gasteiger partial charge in [0.1, 0.15) is 39.5 Å². The van der Waals surface area contributed by atoms with Gasteiger partial charge in [0, 0.05) is 16.7 Å². The Balaban J connectivity index is 0.000000160. The molecule has 0 spiro atoms. The van der Waals surface area contributed by atoms with Gasteiger partial charge in [0.05, 0.1) is 47.1 Å². The minimum atomic E-state index is -0.504. The smallest absolute Gasteiger partial charge is 0.493 e. The van der Waals surface area contributed by atoms with Crippen LogP contribution in [0.5, 0.6) is 11.5 Å². The summed E-state index contributed by atoms with van der Waals surface area (Å²) in [5.74, 6) is 0.662. The lowest BCUT2D eigenvalue weighted by Gasteiger charge is -2.32. The van der Waals surface area contributed by atoms with Gasteiger partial charge < -0.3 is 31.0 Å². The maximum atomic E-state index is 9.63. The number of nitrogens with zero attached hydrogens (tertiary/aromatic N) is 6. The van der Waals surface area contributed by atoms with Crippen molar-refractivity contribution in [2.75, 3.05) is 11.5 Å². The number of aromatic hydroxyl groups is 2. The van der Waals surface area contributed by atoms with E-state index in [0.717, 1.165) is 22.3 Å². The average molecular weight is 783 g/mol. The Morgan fingerprint density at radius 3 is 1.83 bits per heavy atom. The van der Waals surface area contributed by atoms with Gasteiger partial charge in [-0.3, -0.25) is 4.98 Å². The van der Waals surface area contributed by atoms with E-state index in [9.17, 15) is 10.2 Å². The number of anilines is 2. The fourth-order valence-corrected chi connectivity index (χ4v) is 5.53. The van der Waals surface area contributed by atoms with Gasteiger partial charge in [0.15, 0.2) is 0 Å². The molecule has 12 nitrogen and oxygen atoms in total. The lowest BCUT2D eigenvalue weighted by Crippen LogP contribution is -2.41. The van der Waals surface area contributed by atoms with Crippen molar-refractivity contribution in [1.82, 2.24) is 19.9 Å². The van der Waals surface area contributed by atoms with Crippen LogP contribution in [0.3, 0.4) is 0 Å². The average Bonchev–Trinajstić information content (AvgIpc) is 3.40. The van der Waals surface area contributed by atoms with Crippen LogP contribution in [0.2, 0.25) is 0 Å². The molecule has 6 aromatic rings. The molecule has 0 atom stereocenters. The first kappa shape index (κ1) is 38.9. The number of aromatic nitrogens is 4. The molecule has 0 radical (unpaired) electrons. The van der Waals surface area contributed by atoms with Crippen molar-refractivity contribution in [3.8, 4) is 51.3 Å². The number of phenols is 2. The lowest BCUT2D eigenvalue weighted by molar-refractivity contribution is 0.00578. The van der Waals surface area contributed by atoms with E-state index in [2.05, 4.69) is 40.7 Å². The summed E-state index contributed by atoms with van der Waals surface area (Å²) in [6, 6.07) is 30.9. The van der Waals surface area contributed by atoms with Gasteiger partial charge in [-0.15, -0.1) is 0 Å². The summed E-state index contributed by atoms with van der Waals surface area (Å²) in [5.41, 5.74) is 16.2. The summed E-state index contributed by atoms with van der Waals surface area (Å²) >= 11 is 3.34. The molecule has 270 valence electrons. The fraction of sp³-hybridized carbons (Fsp3) is 0.150. The van der Waals surface area contributed by atoms with E-state index < -0.39 is 18.3 Å². The first-order valence-corrected chi connectivity index (χ1v) is 17.3. The number of phenolic OH excluding ortho intramolecular Hbond substituents is 2. The summed E-state index contributed by atoms with van der Waals surface area (Å²) in [7, 11) is -0.504. The van der Waals surface area contributed by atoms with Gasteiger partial charge in [0.2, 0.25) is 5.69 Å². The Bertz CT molecular complexity index is 2330. The second-order valence-corrected chi connectivity index (χ2v) is 13.7. The third-order valence-corrected chi connectivity index (χ3v) is 9.25. The van der Waals surface area contributed by atoms with E-state index in [-0.39, 0.29) is 22.7 Å². The molecule has 7 rings (SSSR count). The molecule has 3 heterocycles. The zero-order valence-corrected chi connectivity index (χ0v) is 31.5. The van der Waals surface area contributed by atoms with Crippen LogP contribution >= 0.6 is 15.9 Å². The highest BCUT2D eigenvalue weighted by atomic mass is 79.9. The normalized spacial score (nSPS) is 13.6. The first-order chi connectivity index (χ1) is 25.7. The van der Waals surface area contributed by atoms with Crippen molar-refractivity contribution in [3.05, 3.63) is 131 Å². The van der Waals surface area contributed by atoms with Gasteiger partial charge in [-0.2, -0.15) is 5.26 Å². The highest BCUT2D eigenvalue weighted by Crippen LogP contribution is 2.37. The molecular formula is C40H36BBrN8O4. The maximum Gasteiger partial charge on any atom is 0.493 e. The Kier molecular flexibility index (Phi) is 11.9. The van der Waals surface area contributed by atoms with Crippen LogP contribution in [0.15, 0.2) is 114 Å². The van der Waals surface area contributed by atoms with Crippen molar-refractivity contribution < 1.29 is 19.5 Å². The van der Waals surface area contributed by atoms with E-state index in [0.29, 0.717) is 33.2 Å². The molecule has 1 aliphatic heterocycles. The van der Waals surface area contributed by atoms with E-state index in [1.54, 1.807) is 24.3 Å². The Morgan fingerprint density at radius 1 is 0.722 bits per heavy atom. The van der Waals surface area contributed by atoms with Gasteiger partial charge in [0.25, 0.3) is 0 Å². The van der Waals surface area contributed by atoms with Crippen molar-refractivity contribution in [2.45, 2.75) is 38.9 Å². The summed E-state index contributed by atoms with van der Waals surface area (Å²) in [6.45, 7) is 14.9. The van der Waals surface area contributed by atoms with Crippen LogP contribution < -0.4 is 16.9 Å². The Hall–Kier alpha value is -6.32. The SMILES string of the molecule is N#Cc1cc(-c2ncc(N)nc2-c2ccccc2)ccc1O.Nc1cnc(Br)c(-c2ccccc2)n1.[C-]#[N+]c1cc(B2OC(C)(C)C(C)(C)O2)ccc1O. The number of benzene rings is 4. The molecule has 0 saturated carbocycles. The molecule has 1 saturated heterocycles. The molecule has 14 heteroatoms. The fourth-order valence-electron chi connectivity index (χ4n) is 5.11. The molecule has 6 N–H and O–H groups in total. The predicted molar refractivity (Wildman–Crippen MR) is 213 cm³/mol. The van der Waals surface area contributed by atoms with Crippen LogP contribution in [0.1, 0.15) is 33.3 Å². The molecule has 0 bridgehead atoms. The zero-order valence-electron chi connectivity index (χ0n) is 29.9. The third-order valence-electron chi connectivity index (χ3n) is 8.67. The lowest BCUT2D eigenvalue weighted by atomic mass is 9.79. The topological polar surface area (TPSA) is 191 Å². The quantitative estimate of drug-likeness (QED) is 0.101. The van der Waals surface area contributed by atoms with Gasteiger partial charge >= 0.3 is 7.12 Å². The van der Waals surface area contributed by atoms with Crippen LogP contribution in [0.25, 0.3) is 38.6 Å². The van der Waals surface area contributed by atoms with Crippen molar-refractivity contribution in [1.29, 1.82) is 5.26 Å². The number of halogens is 1. The number of hydrogen-bond donors (Lipinski definition) is 4. The number of nitrogen functional groups attached to an aromatic ring is 2. The standard InChI is InChI=1S/C17H12N4O.C13H16BNO3.C10H8BrN3/c18-9-13-8-12(6-7-14(13)22)16-17(21-15(19)10-20-16)11-4-2-1-3-5-11;1-12(2)13(3,4)18-14(17-12)9-6-7-11(16)10(8-9)15-5;11-10-9(14-8(12)6-13-10)7-4-2-1-3-5-7/h1-8,10,22H,(H2,19,21);6-8,16H,1-4H3;1-6H,(H2,12,14). The molecular weight excluding hydrogens is 747 g/mol. The number of hydrogen-bond acceptors (Lipinski definition) is 11. The van der Waals surface area contributed by atoms with Gasteiger partial charge in [-0.1, -0.05) is 72.8 Å². The van der Waals surface area contributed by atoms with Crippen LogP contribution in [-0.4, -0.2) is 48.5 Å². The van der Waals surface area contributed by atoms with Crippen molar-refractivity contribution in [3.63, 3.8) is 0 Å². The molecule has 0 unspecified atom stereocenters. The molecule has 0 aliphatic carbocycles. The second kappa shape index (κ2) is 16.6. The van der Waals surface area contributed by atoms with Crippen molar-refractivity contribution in [2.24, 2.45) is 0 Å². The number of rotatable bonds is 4. The molecule has 1 fully saturated rings. The van der Waals surface area contributed by atoms with E-state index in [4.69, 9.17) is 32.6 Å². The monoisotopic (exact) mass is 782 g/mol. The highest BCUT2D eigenvalue weighted by molar-refractivity contribution is 9.10. The maximum absolute atomic E-state index is 9.63. The van der Waals surface area contributed by atoms with E-state index in [1.165, 1.54) is 24.5 Å². The zero-order chi connectivity index (χ0) is 39.0. The summed E-state index contributed by atoms with van der Waals surface area (Å²) in [5, 5.41) is 28.2. The summed E-state index contributed by atoms with van der Waals surface area (Å²) < 4.78 is 12.5. The summed E-state index contributed by atoms with van der Waals surface area (Å²) in [4.78, 5) is 20.3. The van der Waals surface area contributed by atoms with Crippen LogP contribution in [-0.2, 0) is 9.31 Å². The number of nitrogens with two attached hydrogens (primary N) is 2. The van der Waals surface area contributed by atoms with E-state index in [1.807, 2.05) is 94.4 Å². The minimum absolute atomic E-state index is 0.0229. The van der Waals surface area contributed by atoms with Gasteiger partial charge in [-0.25, -0.2) is 19.8 Å². The van der Waals surface area contributed by atoms with Crippen molar-refractivity contribution >= 4 is 45.8 Å². The molecule has 4 aromatic carbocycles. The van der Waals surface area contributed by atoms with Crippen LogP contribution in [0.4, 0.5) is 17.3 Å². The molecule has 1 aliphatic rings. The first-order valence-electron chi connectivity index (χ1n) is 16.5.